The summed E-state index contributed by atoms with van der Waals surface area (Å²) in [5, 5.41) is 3.50. The smallest absolute Gasteiger partial charge is 0.0340 e. The lowest BCUT2D eigenvalue weighted by atomic mass is 10.1. The standard InChI is InChI=1S/C20H27N3/c1-22(16-18-8-4-2-5-9-18)20-12-14-23(17-20)15-13-21-19-10-6-3-7-11-19/h2-11,20-21H,12-17H2,1H3. The van der Waals surface area contributed by atoms with Gasteiger partial charge in [-0.2, -0.15) is 0 Å². The summed E-state index contributed by atoms with van der Waals surface area (Å²) >= 11 is 0. The van der Waals surface area contributed by atoms with Crippen LogP contribution >= 0.6 is 0 Å². The summed E-state index contributed by atoms with van der Waals surface area (Å²) < 4.78 is 0. The molecule has 3 rings (SSSR count). The molecule has 1 aliphatic heterocycles. The second kappa shape index (κ2) is 8.14. The zero-order valence-electron chi connectivity index (χ0n) is 14.0. The topological polar surface area (TPSA) is 18.5 Å². The van der Waals surface area contributed by atoms with Crippen molar-refractivity contribution in [2.75, 3.05) is 38.5 Å². The Hall–Kier alpha value is -1.84. The highest BCUT2D eigenvalue weighted by molar-refractivity contribution is 5.42. The van der Waals surface area contributed by atoms with E-state index in [0.29, 0.717) is 6.04 Å². The first-order chi connectivity index (χ1) is 11.3. The van der Waals surface area contributed by atoms with Gasteiger partial charge in [0.25, 0.3) is 0 Å². The van der Waals surface area contributed by atoms with Crippen molar-refractivity contribution < 1.29 is 0 Å². The summed E-state index contributed by atoms with van der Waals surface area (Å²) in [5.41, 5.74) is 2.61. The van der Waals surface area contributed by atoms with Crippen LogP contribution in [-0.4, -0.2) is 49.1 Å². The van der Waals surface area contributed by atoms with Crippen LogP contribution in [0.1, 0.15) is 12.0 Å². The van der Waals surface area contributed by atoms with Gasteiger partial charge in [-0.15, -0.1) is 0 Å². The number of rotatable bonds is 7. The number of likely N-dealkylation sites (N-methyl/N-ethyl adjacent to an activating group) is 1. The summed E-state index contributed by atoms with van der Waals surface area (Å²) in [6.45, 7) is 5.56. The van der Waals surface area contributed by atoms with Crippen LogP contribution < -0.4 is 5.32 Å². The Labute approximate surface area is 139 Å². The molecule has 0 spiro atoms. The quantitative estimate of drug-likeness (QED) is 0.846. The maximum absolute atomic E-state index is 3.50. The number of likely N-dealkylation sites (tertiary alicyclic amines) is 1. The van der Waals surface area contributed by atoms with Gasteiger partial charge in [0.2, 0.25) is 0 Å². The van der Waals surface area contributed by atoms with Gasteiger partial charge in [0.1, 0.15) is 0 Å². The molecule has 1 fully saturated rings. The molecule has 0 aromatic heterocycles. The van der Waals surface area contributed by atoms with E-state index in [1.54, 1.807) is 0 Å². The van der Waals surface area contributed by atoms with E-state index in [1.807, 2.05) is 0 Å². The van der Waals surface area contributed by atoms with Crippen molar-refractivity contribution in [2.24, 2.45) is 0 Å². The number of hydrogen-bond acceptors (Lipinski definition) is 3. The Morgan fingerprint density at radius 3 is 2.48 bits per heavy atom. The molecule has 3 nitrogen and oxygen atoms in total. The van der Waals surface area contributed by atoms with E-state index in [-0.39, 0.29) is 0 Å². The summed E-state index contributed by atoms with van der Waals surface area (Å²) in [4.78, 5) is 5.07. The highest BCUT2D eigenvalue weighted by Gasteiger charge is 2.25. The lowest BCUT2D eigenvalue weighted by Crippen LogP contribution is -2.35. The summed E-state index contributed by atoms with van der Waals surface area (Å²) in [5.74, 6) is 0. The fraction of sp³-hybridized carbons (Fsp3) is 0.400. The predicted molar refractivity (Wildman–Crippen MR) is 97.7 cm³/mol. The second-order valence-corrected chi connectivity index (χ2v) is 6.44. The molecule has 0 amide bonds. The van der Waals surface area contributed by atoms with Gasteiger partial charge in [0.15, 0.2) is 0 Å². The minimum atomic E-state index is 0.673. The average molecular weight is 309 g/mol. The molecule has 2 aromatic rings. The summed E-state index contributed by atoms with van der Waals surface area (Å²) in [6.07, 6.45) is 1.27. The van der Waals surface area contributed by atoms with Crippen molar-refractivity contribution in [2.45, 2.75) is 19.0 Å². The fourth-order valence-electron chi connectivity index (χ4n) is 3.29. The van der Waals surface area contributed by atoms with Gasteiger partial charge in [-0.25, -0.2) is 0 Å². The van der Waals surface area contributed by atoms with Crippen LogP contribution in [-0.2, 0) is 6.54 Å². The van der Waals surface area contributed by atoms with Crippen molar-refractivity contribution >= 4 is 5.69 Å². The van der Waals surface area contributed by atoms with Crippen LogP contribution in [0.25, 0.3) is 0 Å². The van der Waals surface area contributed by atoms with Crippen LogP contribution in [0.2, 0.25) is 0 Å². The van der Waals surface area contributed by atoms with Crippen LogP contribution in [0.5, 0.6) is 0 Å². The minimum Gasteiger partial charge on any atom is -0.384 e. The largest absolute Gasteiger partial charge is 0.384 e. The Balaban J connectivity index is 1.39. The fourth-order valence-corrected chi connectivity index (χ4v) is 3.29. The summed E-state index contributed by atoms with van der Waals surface area (Å²) in [7, 11) is 2.25. The van der Waals surface area contributed by atoms with E-state index in [1.165, 1.54) is 30.8 Å². The zero-order chi connectivity index (χ0) is 15.9. The van der Waals surface area contributed by atoms with E-state index < -0.39 is 0 Å². The third kappa shape index (κ3) is 4.81. The molecule has 1 atom stereocenters. The van der Waals surface area contributed by atoms with Crippen LogP contribution in [0, 0.1) is 0 Å². The first-order valence-corrected chi connectivity index (χ1v) is 8.57. The number of para-hydroxylation sites is 1. The molecule has 0 radical (unpaired) electrons. The zero-order valence-corrected chi connectivity index (χ0v) is 14.0. The number of benzene rings is 2. The monoisotopic (exact) mass is 309 g/mol. The number of nitrogens with zero attached hydrogens (tertiary/aromatic N) is 2. The number of hydrogen-bond donors (Lipinski definition) is 1. The molecule has 1 aliphatic rings. The molecular weight excluding hydrogens is 282 g/mol. The molecule has 0 bridgehead atoms. The predicted octanol–water partition coefficient (Wildman–Crippen LogP) is 3.30. The molecule has 1 heterocycles. The van der Waals surface area contributed by atoms with E-state index in [2.05, 4.69) is 82.8 Å². The SMILES string of the molecule is CN(Cc1ccccc1)C1CCN(CCNc2ccccc2)C1. The van der Waals surface area contributed by atoms with Crippen molar-refractivity contribution in [3.63, 3.8) is 0 Å². The number of anilines is 1. The van der Waals surface area contributed by atoms with Gasteiger partial charge >= 0.3 is 0 Å². The Bertz CT molecular complexity index is 570. The third-order valence-electron chi connectivity index (χ3n) is 4.68. The van der Waals surface area contributed by atoms with Crippen LogP contribution in [0.3, 0.4) is 0 Å². The Kier molecular flexibility index (Phi) is 5.67. The molecule has 0 saturated carbocycles. The first-order valence-electron chi connectivity index (χ1n) is 8.57. The Morgan fingerprint density at radius 1 is 1.04 bits per heavy atom. The van der Waals surface area contributed by atoms with Crippen molar-refractivity contribution in [3.05, 3.63) is 66.2 Å². The van der Waals surface area contributed by atoms with Gasteiger partial charge in [-0.05, 0) is 37.7 Å². The molecule has 2 aromatic carbocycles. The van der Waals surface area contributed by atoms with Crippen LogP contribution in [0.4, 0.5) is 5.69 Å². The van der Waals surface area contributed by atoms with Crippen molar-refractivity contribution in [1.82, 2.24) is 9.80 Å². The van der Waals surface area contributed by atoms with Crippen molar-refractivity contribution in [3.8, 4) is 0 Å². The first kappa shape index (κ1) is 16.0. The molecule has 23 heavy (non-hydrogen) atoms. The van der Waals surface area contributed by atoms with Gasteiger partial charge in [-0.3, -0.25) is 9.80 Å². The van der Waals surface area contributed by atoms with E-state index in [4.69, 9.17) is 0 Å². The highest BCUT2D eigenvalue weighted by atomic mass is 15.2. The molecule has 0 aliphatic carbocycles. The normalized spacial score (nSPS) is 18.4. The van der Waals surface area contributed by atoms with Gasteiger partial charge < -0.3 is 5.32 Å². The second-order valence-electron chi connectivity index (χ2n) is 6.44. The maximum atomic E-state index is 3.50. The average Bonchev–Trinajstić information content (AvgIpc) is 3.06. The van der Waals surface area contributed by atoms with Gasteiger partial charge in [-0.1, -0.05) is 48.5 Å². The molecule has 122 valence electrons. The lowest BCUT2D eigenvalue weighted by Gasteiger charge is -2.25. The van der Waals surface area contributed by atoms with E-state index in [9.17, 15) is 0 Å². The summed E-state index contributed by atoms with van der Waals surface area (Å²) in [6, 6.07) is 21.9. The van der Waals surface area contributed by atoms with Crippen molar-refractivity contribution in [1.29, 1.82) is 0 Å². The van der Waals surface area contributed by atoms with Gasteiger partial charge in [0.05, 0.1) is 0 Å². The minimum absolute atomic E-state index is 0.673. The molecule has 1 N–H and O–H groups in total. The molecular formula is C20H27N3. The van der Waals surface area contributed by atoms with E-state index in [0.717, 1.165) is 19.6 Å². The highest BCUT2D eigenvalue weighted by Crippen LogP contribution is 2.16. The molecule has 1 unspecified atom stereocenters. The number of nitrogens with one attached hydrogen (secondary N) is 1. The third-order valence-corrected chi connectivity index (χ3v) is 4.68. The van der Waals surface area contributed by atoms with Gasteiger partial charge in [0, 0.05) is 37.9 Å². The molecule has 3 heteroatoms. The van der Waals surface area contributed by atoms with Crippen LogP contribution in [0.15, 0.2) is 60.7 Å². The maximum Gasteiger partial charge on any atom is 0.0340 e. The lowest BCUT2D eigenvalue weighted by molar-refractivity contribution is 0.227. The Morgan fingerprint density at radius 2 is 1.74 bits per heavy atom. The van der Waals surface area contributed by atoms with E-state index >= 15 is 0 Å². The molecule has 1 saturated heterocycles.